The smallest absolute Gasteiger partial charge is 0.250 e. The predicted molar refractivity (Wildman–Crippen MR) is 85.2 cm³/mol. The molecule has 3 heterocycles. The number of rotatable bonds is 5. The molecule has 24 heavy (non-hydrogen) atoms. The summed E-state index contributed by atoms with van der Waals surface area (Å²) in [5.41, 5.74) is -1.23. The molecule has 3 rings (SSSR count). The molecule has 0 N–H and O–H groups in total. The van der Waals surface area contributed by atoms with Crippen molar-refractivity contribution in [3.05, 3.63) is 11.8 Å². The number of likely N-dealkylation sites (N-methyl/N-ethyl adjacent to an activating group) is 1. The van der Waals surface area contributed by atoms with Crippen LogP contribution >= 0.6 is 0 Å². The third-order valence-electron chi connectivity index (χ3n) is 5.18. The van der Waals surface area contributed by atoms with E-state index in [1.807, 2.05) is 25.7 Å². The van der Waals surface area contributed by atoms with Crippen molar-refractivity contribution in [3.8, 4) is 0 Å². The largest absolute Gasteiger partial charge is 0.421 e. The number of piperazine rings is 1. The van der Waals surface area contributed by atoms with Gasteiger partial charge in [0.05, 0.1) is 25.3 Å². The molecule has 2 aliphatic heterocycles. The van der Waals surface area contributed by atoms with Gasteiger partial charge < -0.3 is 18.8 Å². The summed E-state index contributed by atoms with van der Waals surface area (Å²) in [6.07, 6.45) is 0.699. The molecule has 0 bridgehead atoms. The molecule has 0 aliphatic carbocycles. The van der Waals surface area contributed by atoms with Gasteiger partial charge in [-0.15, -0.1) is 10.2 Å². The summed E-state index contributed by atoms with van der Waals surface area (Å²) in [4.78, 5) is 16.5. The maximum Gasteiger partial charge on any atom is 0.250 e. The van der Waals surface area contributed by atoms with Gasteiger partial charge in [-0.25, -0.2) is 0 Å². The van der Waals surface area contributed by atoms with E-state index in [0.29, 0.717) is 38.0 Å². The molecule has 134 valence electrons. The molecule has 1 unspecified atom stereocenters. The van der Waals surface area contributed by atoms with E-state index in [1.54, 1.807) is 7.11 Å². The Morgan fingerprint density at radius 3 is 2.71 bits per heavy atom. The van der Waals surface area contributed by atoms with Gasteiger partial charge in [-0.05, 0) is 20.8 Å². The van der Waals surface area contributed by atoms with E-state index in [2.05, 4.69) is 15.1 Å². The lowest BCUT2D eigenvalue weighted by atomic mass is 9.97. The molecule has 0 spiro atoms. The highest BCUT2D eigenvalue weighted by molar-refractivity contribution is 5.86. The highest BCUT2D eigenvalue weighted by Gasteiger charge is 2.44. The van der Waals surface area contributed by atoms with Crippen molar-refractivity contribution < 1.29 is 18.7 Å². The summed E-state index contributed by atoms with van der Waals surface area (Å²) in [6, 6.07) is 0. The first-order chi connectivity index (χ1) is 11.4. The van der Waals surface area contributed by atoms with Crippen LogP contribution in [0.3, 0.4) is 0 Å². The minimum Gasteiger partial charge on any atom is -0.421 e. The van der Waals surface area contributed by atoms with Crippen LogP contribution in [-0.4, -0.2) is 71.4 Å². The predicted octanol–water partition coefficient (Wildman–Crippen LogP) is 0.774. The zero-order valence-electron chi connectivity index (χ0n) is 14.9. The Labute approximate surface area is 142 Å². The molecule has 1 amide bonds. The maximum atomic E-state index is 12.6. The fourth-order valence-corrected chi connectivity index (χ4v) is 3.35. The van der Waals surface area contributed by atoms with Crippen molar-refractivity contribution in [2.24, 2.45) is 0 Å². The van der Waals surface area contributed by atoms with E-state index in [1.165, 1.54) is 0 Å². The van der Waals surface area contributed by atoms with E-state index in [4.69, 9.17) is 13.9 Å². The summed E-state index contributed by atoms with van der Waals surface area (Å²) < 4.78 is 16.9. The Morgan fingerprint density at radius 1 is 1.29 bits per heavy atom. The molecule has 8 nitrogen and oxygen atoms in total. The molecule has 1 aromatic rings. The number of hydrogen-bond acceptors (Lipinski definition) is 7. The monoisotopic (exact) mass is 338 g/mol. The standard InChI is InChI=1S/C16H26N4O4/c1-5-19-7-8-20(15(2,3)14(19)21)10-12-17-18-13(24-12)16(22-4)6-9-23-11-16/h5-11H2,1-4H3. The summed E-state index contributed by atoms with van der Waals surface area (Å²) >= 11 is 0. The van der Waals surface area contributed by atoms with Gasteiger partial charge >= 0.3 is 0 Å². The number of amides is 1. The van der Waals surface area contributed by atoms with Gasteiger partial charge in [0.2, 0.25) is 11.8 Å². The third-order valence-corrected chi connectivity index (χ3v) is 5.18. The zero-order valence-corrected chi connectivity index (χ0v) is 14.9. The lowest BCUT2D eigenvalue weighted by molar-refractivity contribution is -0.149. The topological polar surface area (TPSA) is 80.9 Å². The molecule has 0 radical (unpaired) electrons. The number of methoxy groups -OCH3 is 1. The number of ether oxygens (including phenoxy) is 2. The number of aromatic nitrogens is 2. The minimum atomic E-state index is -0.641. The van der Waals surface area contributed by atoms with Gasteiger partial charge in [-0.3, -0.25) is 9.69 Å². The van der Waals surface area contributed by atoms with Crippen LogP contribution in [0.4, 0.5) is 0 Å². The number of carbonyl (C=O) groups excluding carboxylic acids is 1. The lowest BCUT2D eigenvalue weighted by Gasteiger charge is -2.45. The normalized spacial score (nSPS) is 27.8. The van der Waals surface area contributed by atoms with Crippen LogP contribution in [0.5, 0.6) is 0 Å². The Bertz CT molecular complexity index is 595. The quantitative estimate of drug-likeness (QED) is 0.784. The minimum absolute atomic E-state index is 0.133. The number of nitrogens with zero attached hydrogens (tertiary/aromatic N) is 4. The van der Waals surface area contributed by atoms with Crippen molar-refractivity contribution in [1.82, 2.24) is 20.0 Å². The average Bonchev–Trinajstić information content (AvgIpc) is 3.22. The summed E-state index contributed by atoms with van der Waals surface area (Å²) in [6.45, 7) is 9.60. The van der Waals surface area contributed by atoms with Crippen LogP contribution < -0.4 is 0 Å². The highest BCUT2D eigenvalue weighted by atomic mass is 16.6. The average molecular weight is 338 g/mol. The van der Waals surface area contributed by atoms with Crippen LogP contribution in [0.1, 0.15) is 39.0 Å². The molecule has 8 heteroatoms. The van der Waals surface area contributed by atoms with Crippen molar-refractivity contribution in [2.45, 2.75) is 44.9 Å². The Morgan fingerprint density at radius 2 is 2.08 bits per heavy atom. The van der Waals surface area contributed by atoms with E-state index in [0.717, 1.165) is 19.6 Å². The first kappa shape index (κ1) is 17.3. The summed E-state index contributed by atoms with van der Waals surface area (Å²) in [7, 11) is 1.63. The fraction of sp³-hybridized carbons (Fsp3) is 0.812. The fourth-order valence-electron chi connectivity index (χ4n) is 3.35. The number of hydrogen-bond donors (Lipinski definition) is 0. The SMILES string of the molecule is CCN1CCN(Cc2nnc(C3(OC)CCOC3)o2)C(C)(C)C1=O. The van der Waals surface area contributed by atoms with Crippen molar-refractivity contribution in [1.29, 1.82) is 0 Å². The second-order valence-corrected chi connectivity index (χ2v) is 6.87. The molecule has 1 aromatic heterocycles. The van der Waals surface area contributed by atoms with Gasteiger partial charge in [0, 0.05) is 33.2 Å². The molecular formula is C16H26N4O4. The maximum absolute atomic E-state index is 12.6. The van der Waals surface area contributed by atoms with E-state index < -0.39 is 11.1 Å². The molecule has 0 saturated carbocycles. The zero-order chi connectivity index (χ0) is 17.4. The Hall–Kier alpha value is -1.51. The second-order valence-electron chi connectivity index (χ2n) is 6.87. The van der Waals surface area contributed by atoms with Gasteiger partial charge in [0.15, 0.2) is 5.60 Å². The first-order valence-corrected chi connectivity index (χ1v) is 8.43. The van der Waals surface area contributed by atoms with Gasteiger partial charge in [0.1, 0.15) is 0 Å². The van der Waals surface area contributed by atoms with Crippen LogP contribution in [0.15, 0.2) is 4.42 Å². The van der Waals surface area contributed by atoms with E-state index in [9.17, 15) is 4.79 Å². The lowest BCUT2D eigenvalue weighted by Crippen LogP contribution is -2.62. The first-order valence-electron chi connectivity index (χ1n) is 8.43. The van der Waals surface area contributed by atoms with Crippen LogP contribution in [0.2, 0.25) is 0 Å². The van der Waals surface area contributed by atoms with Gasteiger partial charge in [0.25, 0.3) is 5.89 Å². The van der Waals surface area contributed by atoms with Gasteiger partial charge in [-0.2, -0.15) is 0 Å². The highest BCUT2D eigenvalue weighted by Crippen LogP contribution is 2.33. The van der Waals surface area contributed by atoms with Crippen molar-refractivity contribution in [2.75, 3.05) is 40.0 Å². The Kier molecular flexibility index (Phi) is 4.63. The van der Waals surface area contributed by atoms with Crippen molar-refractivity contribution >= 4 is 5.91 Å². The van der Waals surface area contributed by atoms with Gasteiger partial charge in [-0.1, -0.05) is 0 Å². The molecule has 2 fully saturated rings. The molecule has 2 aliphatic rings. The molecule has 1 atom stereocenters. The molecule has 2 saturated heterocycles. The number of carbonyl (C=O) groups is 1. The summed E-state index contributed by atoms with van der Waals surface area (Å²) in [5.74, 6) is 1.08. The van der Waals surface area contributed by atoms with Crippen LogP contribution in [0, 0.1) is 0 Å². The van der Waals surface area contributed by atoms with Crippen molar-refractivity contribution in [3.63, 3.8) is 0 Å². The Balaban J connectivity index is 1.74. The summed E-state index contributed by atoms with van der Waals surface area (Å²) in [5, 5.41) is 8.32. The molecular weight excluding hydrogens is 312 g/mol. The van der Waals surface area contributed by atoms with E-state index >= 15 is 0 Å². The van der Waals surface area contributed by atoms with Crippen LogP contribution in [0.25, 0.3) is 0 Å². The third kappa shape index (κ3) is 2.82. The molecule has 0 aromatic carbocycles. The van der Waals surface area contributed by atoms with E-state index in [-0.39, 0.29) is 5.91 Å². The second kappa shape index (κ2) is 6.42. The van der Waals surface area contributed by atoms with Crippen LogP contribution in [-0.2, 0) is 26.4 Å².